The van der Waals surface area contributed by atoms with Crippen molar-refractivity contribution in [1.29, 1.82) is 0 Å². The largest absolute Gasteiger partial charge is 0.481 e. The minimum Gasteiger partial charge on any atom is -0.481 e. The first kappa shape index (κ1) is 15.5. The van der Waals surface area contributed by atoms with Crippen molar-refractivity contribution < 1.29 is 9.90 Å². The lowest BCUT2D eigenvalue weighted by molar-refractivity contribution is -0.142. The summed E-state index contributed by atoms with van der Waals surface area (Å²) in [5.41, 5.74) is 0. The minimum absolute atomic E-state index is 0.281. The van der Waals surface area contributed by atoms with Crippen LogP contribution in [0.2, 0.25) is 0 Å². The zero-order valence-corrected chi connectivity index (χ0v) is 13.4. The quantitative estimate of drug-likeness (QED) is 0.816. The van der Waals surface area contributed by atoms with E-state index in [1.54, 1.807) is 0 Å². The van der Waals surface area contributed by atoms with E-state index in [0.29, 0.717) is 19.1 Å². The maximum absolute atomic E-state index is 11.4. The van der Waals surface area contributed by atoms with Gasteiger partial charge in [0.2, 0.25) is 0 Å². The summed E-state index contributed by atoms with van der Waals surface area (Å²) in [7, 11) is 4.05. The Labute approximate surface area is 131 Å². The van der Waals surface area contributed by atoms with Crippen LogP contribution in [-0.4, -0.2) is 87.7 Å². The van der Waals surface area contributed by atoms with Crippen molar-refractivity contribution in [2.45, 2.75) is 12.6 Å². The van der Waals surface area contributed by atoms with Gasteiger partial charge in [0.15, 0.2) is 0 Å². The van der Waals surface area contributed by atoms with Crippen molar-refractivity contribution in [1.82, 2.24) is 24.3 Å². The molecule has 1 N–H and O–H groups in total. The summed E-state index contributed by atoms with van der Waals surface area (Å²) in [4.78, 5) is 22.7. The van der Waals surface area contributed by atoms with Gasteiger partial charge in [-0.05, 0) is 7.05 Å². The Hall–Kier alpha value is -1.44. The maximum Gasteiger partial charge on any atom is 0.309 e. The third kappa shape index (κ3) is 3.31. The van der Waals surface area contributed by atoms with Gasteiger partial charge in [-0.3, -0.25) is 14.6 Å². The molecule has 2 aliphatic heterocycles. The molecule has 7 nitrogen and oxygen atoms in total. The van der Waals surface area contributed by atoms with E-state index < -0.39 is 5.97 Å². The van der Waals surface area contributed by atoms with Crippen LogP contribution in [0.1, 0.15) is 5.82 Å². The second-order valence-corrected chi connectivity index (χ2v) is 6.59. The van der Waals surface area contributed by atoms with Gasteiger partial charge in [-0.25, -0.2) is 4.98 Å². The van der Waals surface area contributed by atoms with Gasteiger partial charge in [-0.1, -0.05) is 0 Å². The first-order chi connectivity index (χ1) is 10.5. The van der Waals surface area contributed by atoms with Gasteiger partial charge in [-0.15, -0.1) is 0 Å². The van der Waals surface area contributed by atoms with E-state index >= 15 is 0 Å². The van der Waals surface area contributed by atoms with E-state index in [-0.39, 0.29) is 5.92 Å². The number of piperazine rings is 1. The molecule has 0 spiro atoms. The molecular weight excluding hydrogens is 282 g/mol. The normalized spacial score (nSPS) is 28.3. The average molecular weight is 307 g/mol. The Morgan fingerprint density at radius 2 is 2.09 bits per heavy atom. The molecule has 1 aromatic rings. The standard InChI is InChI=1S/C15H25N5O2/c1-17-7-12(15(21)22)8-20-6-5-19(10-13(20)9-17)11-14-16-3-4-18(14)2/h3-4,12-13H,5-11H2,1-2H3,(H,21,22)/t12-,13+/m1/s1. The number of hydrogen-bond donors (Lipinski definition) is 1. The van der Waals surface area contributed by atoms with Crippen LogP contribution in [0.5, 0.6) is 0 Å². The van der Waals surface area contributed by atoms with Gasteiger partial charge in [0.25, 0.3) is 0 Å². The van der Waals surface area contributed by atoms with Crippen molar-refractivity contribution >= 4 is 5.97 Å². The summed E-state index contributed by atoms with van der Waals surface area (Å²) in [5.74, 6) is 0.123. The van der Waals surface area contributed by atoms with Crippen molar-refractivity contribution in [3.05, 3.63) is 18.2 Å². The molecule has 2 saturated heterocycles. The molecule has 3 heterocycles. The molecule has 0 saturated carbocycles. The molecule has 0 bridgehead atoms. The number of fused-ring (bicyclic) bond motifs is 1. The predicted octanol–water partition coefficient (Wildman–Crippen LogP) is -0.447. The zero-order valence-electron chi connectivity index (χ0n) is 13.4. The van der Waals surface area contributed by atoms with Crippen LogP contribution in [0.15, 0.2) is 12.4 Å². The Kier molecular flexibility index (Phi) is 4.46. The van der Waals surface area contributed by atoms with Crippen LogP contribution in [0.3, 0.4) is 0 Å². The van der Waals surface area contributed by atoms with Crippen LogP contribution in [-0.2, 0) is 18.4 Å². The predicted molar refractivity (Wildman–Crippen MR) is 82.5 cm³/mol. The average Bonchev–Trinajstić information content (AvgIpc) is 2.77. The number of carboxylic acid groups (broad SMARTS) is 1. The summed E-state index contributed by atoms with van der Waals surface area (Å²) < 4.78 is 2.06. The van der Waals surface area contributed by atoms with Crippen molar-refractivity contribution in [3.63, 3.8) is 0 Å². The Balaban J connectivity index is 1.65. The lowest BCUT2D eigenvalue weighted by Gasteiger charge is -2.41. The SMILES string of the molecule is CN1C[C@@H](C(=O)O)CN2CCN(Cc3nccn3C)C[C@@H]2C1. The molecule has 2 aliphatic rings. The summed E-state index contributed by atoms with van der Waals surface area (Å²) in [6.45, 7) is 5.98. The lowest BCUT2D eigenvalue weighted by atomic mass is 10.1. The highest BCUT2D eigenvalue weighted by molar-refractivity contribution is 5.70. The number of imidazole rings is 1. The zero-order chi connectivity index (χ0) is 15.7. The van der Waals surface area contributed by atoms with E-state index in [4.69, 9.17) is 0 Å². The molecule has 0 aliphatic carbocycles. The van der Waals surface area contributed by atoms with Crippen molar-refractivity contribution in [3.8, 4) is 0 Å². The second kappa shape index (κ2) is 6.36. The highest BCUT2D eigenvalue weighted by Gasteiger charge is 2.35. The maximum atomic E-state index is 11.4. The number of aromatic nitrogens is 2. The molecule has 0 amide bonds. The van der Waals surface area contributed by atoms with Crippen molar-refractivity contribution in [2.75, 3.05) is 46.3 Å². The monoisotopic (exact) mass is 307 g/mol. The summed E-state index contributed by atoms with van der Waals surface area (Å²) in [5, 5.41) is 9.35. The van der Waals surface area contributed by atoms with Gasteiger partial charge in [0, 0.05) is 64.8 Å². The highest BCUT2D eigenvalue weighted by atomic mass is 16.4. The third-order valence-electron chi connectivity index (χ3n) is 4.83. The fraction of sp³-hybridized carbons (Fsp3) is 0.733. The Morgan fingerprint density at radius 1 is 1.27 bits per heavy atom. The van der Waals surface area contributed by atoms with Gasteiger partial charge >= 0.3 is 5.97 Å². The number of aryl methyl sites for hydroxylation is 1. The smallest absolute Gasteiger partial charge is 0.309 e. The van der Waals surface area contributed by atoms with E-state index in [9.17, 15) is 9.90 Å². The number of carbonyl (C=O) groups is 1. The molecule has 2 fully saturated rings. The molecule has 3 rings (SSSR count). The fourth-order valence-corrected chi connectivity index (χ4v) is 3.57. The summed E-state index contributed by atoms with van der Waals surface area (Å²) in [6.07, 6.45) is 3.81. The number of likely N-dealkylation sites (N-methyl/N-ethyl adjacent to an activating group) is 1. The molecule has 1 aromatic heterocycles. The van der Waals surface area contributed by atoms with Crippen LogP contribution < -0.4 is 0 Å². The molecule has 122 valence electrons. The van der Waals surface area contributed by atoms with Crippen LogP contribution in [0.25, 0.3) is 0 Å². The van der Waals surface area contributed by atoms with Crippen molar-refractivity contribution in [2.24, 2.45) is 13.0 Å². The molecule has 2 atom stereocenters. The first-order valence-electron chi connectivity index (χ1n) is 7.87. The molecule has 7 heteroatoms. The third-order valence-corrected chi connectivity index (χ3v) is 4.83. The van der Waals surface area contributed by atoms with Crippen LogP contribution in [0, 0.1) is 5.92 Å². The second-order valence-electron chi connectivity index (χ2n) is 6.59. The van der Waals surface area contributed by atoms with E-state index in [1.807, 2.05) is 26.5 Å². The molecule has 0 unspecified atom stereocenters. The van der Waals surface area contributed by atoms with Gasteiger partial charge in [0.05, 0.1) is 12.5 Å². The van der Waals surface area contributed by atoms with Gasteiger partial charge in [-0.2, -0.15) is 0 Å². The van der Waals surface area contributed by atoms with E-state index in [1.165, 1.54) is 0 Å². The molecular formula is C15H25N5O2. The van der Waals surface area contributed by atoms with Gasteiger partial charge in [0.1, 0.15) is 5.82 Å². The Morgan fingerprint density at radius 3 is 2.77 bits per heavy atom. The van der Waals surface area contributed by atoms with Crippen LogP contribution >= 0.6 is 0 Å². The number of aliphatic carboxylic acids is 1. The van der Waals surface area contributed by atoms with E-state index in [0.717, 1.165) is 38.5 Å². The molecule has 0 radical (unpaired) electrons. The van der Waals surface area contributed by atoms with Gasteiger partial charge < -0.3 is 14.6 Å². The summed E-state index contributed by atoms with van der Waals surface area (Å²) >= 11 is 0. The lowest BCUT2D eigenvalue weighted by Crippen LogP contribution is -2.55. The topological polar surface area (TPSA) is 64.8 Å². The number of hydrogen-bond acceptors (Lipinski definition) is 5. The number of nitrogens with zero attached hydrogens (tertiary/aromatic N) is 5. The summed E-state index contributed by atoms with van der Waals surface area (Å²) in [6, 6.07) is 0.406. The fourth-order valence-electron chi connectivity index (χ4n) is 3.57. The van der Waals surface area contributed by atoms with Crippen LogP contribution in [0.4, 0.5) is 0 Å². The van der Waals surface area contributed by atoms with E-state index in [2.05, 4.69) is 24.3 Å². The molecule has 22 heavy (non-hydrogen) atoms. The highest BCUT2D eigenvalue weighted by Crippen LogP contribution is 2.19. The number of carboxylic acids is 1. The minimum atomic E-state index is -0.678. The molecule has 0 aromatic carbocycles. The Bertz CT molecular complexity index is 532. The number of rotatable bonds is 3. The first-order valence-corrected chi connectivity index (χ1v) is 7.87.